The number of hydrogen-bond donors (Lipinski definition) is 6. The molecule has 136 valence electrons. The SMILES string of the molecule is O=C(O)C=Cc1cc(O)ccc1O.O=C(O)C=Cc1ccc(O)cc1O. The van der Waals surface area contributed by atoms with E-state index in [4.69, 9.17) is 20.4 Å². The smallest absolute Gasteiger partial charge is 0.328 e. The van der Waals surface area contributed by atoms with E-state index in [1.165, 1.54) is 42.5 Å². The molecular formula is C18H16O8. The number of carboxylic acids is 2. The van der Waals surface area contributed by atoms with Crippen molar-refractivity contribution in [1.82, 2.24) is 0 Å². The zero-order valence-corrected chi connectivity index (χ0v) is 13.3. The molecule has 0 aromatic heterocycles. The van der Waals surface area contributed by atoms with E-state index in [0.717, 1.165) is 18.2 Å². The Balaban J connectivity index is 0.000000260. The maximum Gasteiger partial charge on any atom is 0.328 e. The van der Waals surface area contributed by atoms with Crippen molar-refractivity contribution in [2.75, 3.05) is 0 Å². The summed E-state index contributed by atoms with van der Waals surface area (Å²) in [5.41, 5.74) is 0.614. The molecule has 0 spiro atoms. The molecule has 2 rings (SSSR count). The van der Waals surface area contributed by atoms with Gasteiger partial charge >= 0.3 is 11.9 Å². The number of aromatic hydroxyl groups is 4. The van der Waals surface area contributed by atoms with E-state index in [-0.39, 0.29) is 28.6 Å². The van der Waals surface area contributed by atoms with Crippen LogP contribution in [-0.2, 0) is 9.59 Å². The number of phenols is 4. The highest BCUT2D eigenvalue weighted by molar-refractivity contribution is 5.86. The first-order valence-electron chi connectivity index (χ1n) is 7.05. The van der Waals surface area contributed by atoms with Crippen LogP contribution in [-0.4, -0.2) is 42.6 Å². The largest absolute Gasteiger partial charge is 0.508 e. The summed E-state index contributed by atoms with van der Waals surface area (Å²) in [4.78, 5) is 20.3. The van der Waals surface area contributed by atoms with E-state index in [2.05, 4.69) is 0 Å². The molecule has 0 bridgehead atoms. The Morgan fingerprint density at radius 3 is 1.69 bits per heavy atom. The minimum atomic E-state index is -1.11. The summed E-state index contributed by atoms with van der Waals surface area (Å²) in [6, 6.07) is 7.80. The van der Waals surface area contributed by atoms with Gasteiger partial charge in [-0.1, -0.05) is 0 Å². The first kappa shape index (κ1) is 20.1. The zero-order valence-electron chi connectivity index (χ0n) is 13.3. The lowest BCUT2D eigenvalue weighted by atomic mass is 10.2. The molecule has 0 amide bonds. The second kappa shape index (κ2) is 9.38. The van der Waals surface area contributed by atoms with E-state index < -0.39 is 11.9 Å². The molecule has 0 saturated carbocycles. The Bertz CT molecular complexity index is 852. The first-order chi connectivity index (χ1) is 12.2. The standard InChI is InChI=1S/2C9H8O4/c10-7-2-3-8(11)6(5-7)1-4-9(12)13;10-7-3-1-6(8(11)5-7)2-4-9(12)13/h2*1-5,10-11H,(H,12,13). The molecule has 0 atom stereocenters. The highest BCUT2D eigenvalue weighted by Crippen LogP contribution is 2.24. The average Bonchev–Trinajstić information content (AvgIpc) is 2.55. The Morgan fingerprint density at radius 2 is 1.15 bits per heavy atom. The Morgan fingerprint density at radius 1 is 0.654 bits per heavy atom. The van der Waals surface area contributed by atoms with Gasteiger partial charge in [0.1, 0.15) is 23.0 Å². The number of carboxylic acid groups (broad SMARTS) is 2. The monoisotopic (exact) mass is 360 g/mol. The van der Waals surface area contributed by atoms with Crippen molar-refractivity contribution in [2.45, 2.75) is 0 Å². The van der Waals surface area contributed by atoms with Crippen LogP contribution in [0.5, 0.6) is 23.0 Å². The molecule has 8 nitrogen and oxygen atoms in total. The van der Waals surface area contributed by atoms with Gasteiger partial charge in [0.15, 0.2) is 0 Å². The molecule has 8 heteroatoms. The van der Waals surface area contributed by atoms with Gasteiger partial charge in [0, 0.05) is 29.3 Å². The van der Waals surface area contributed by atoms with Gasteiger partial charge in [-0.15, -0.1) is 0 Å². The van der Waals surface area contributed by atoms with Crippen LogP contribution in [0.15, 0.2) is 48.6 Å². The van der Waals surface area contributed by atoms with Gasteiger partial charge in [-0.2, -0.15) is 0 Å². The number of carbonyl (C=O) groups is 2. The lowest BCUT2D eigenvalue weighted by Crippen LogP contribution is -1.85. The van der Waals surface area contributed by atoms with Crippen molar-refractivity contribution >= 4 is 24.1 Å². The van der Waals surface area contributed by atoms with Crippen molar-refractivity contribution < 1.29 is 40.2 Å². The predicted molar refractivity (Wildman–Crippen MR) is 92.9 cm³/mol. The Labute approximate surface area is 147 Å². The van der Waals surface area contributed by atoms with Gasteiger partial charge in [0.05, 0.1) is 0 Å². The molecule has 0 unspecified atom stereocenters. The maximum absolute atomic E-state index is 10.1. The predicted octanol–water partition coefficient (Wildman–Crippen LogP) is 2.39. The first-order valence-corrected chi connectivity index (χ1v) is 7.05. The number of phenolic OH excluding ortho intramolecular Hbond substituents is 4. The summed E-state index contributed by atoms with van der Waals surface area (Å²) in [5.74, 6) is -2.52. The van der Waals surface area contributed by atoms with E-state index in [1.54, 1.807) is 0 Å². The summed E-state index contributed by atoms with van der Waals surface area (Å²) in [7, 11) is 0. The summed E-state index contributed by atoms with van der Waals surface area (Å²) in [5, 5.41) is 52.9. The molecule has 2 aromatic carbocycles. The highest BCUT2D eigenvalue weighted by Gasteiger charge is 1.99. The lowest BCUT2D eigenvalue weighted by molar-refractivity contribution is -0.132. The number of aliphatic carboxylic acids is 2. The third-order valence-corrected chi connectivity index (χ3v) is 2.84. The fourth-order valence-electron chi connectivity index (χ4n) is 1.67. The second-order valence-corrected chi connectivity index (χ2v) is 4.83. The van der Waals surface area contributed by atoms with Crippen molar-refractivity contribution in [3.63, 3.8) is 0 Å². The van der Waals surface area contributed by atoms with E-state index in [0.29, 0.717) is 5.56 Å². The summed E-state index contributed by atoms with van der Waals surface area (Å²) in [6.45, 7) is 0. The molecule has 2 aromatic rings. The van der Waals surface area contributed by atoms with Gasteiger partial charge in [-0.3, -0.25) is 0 Å². The lowest BCUT2D eigenvalue weighted by Gasteiger charge is -1.98. The van der Waals surface area contributed by atoms with Crippen LogP contribution in [0.1, 0.15) is 11.1 Å². The van der Waals surface area contributed by atoms with Crippen LogP contribution < -0.4 is 0 Å². The molecular weight excluding hydrogens is 344 g/mol. The molecule has 0 saturated heterocycles. The quantitative estimate of drug-likeness (QED) is 0.358. The number of benzene rings is 2. The van der Waals surface area contributed by atoms with Gasteiger partial charge in [-0.05, 0) is 42.5 Å². The molecule has 0 fully saturated rings. The summed E-state index contributed by atoms with van der Waals surface area (Å²) < 4.78 is 0. The van der Waals surface area contributed by atoms with Crippen LogP contribution in [0.3, 0.4) is 0 Å². The van der Waals surface area contributed by atoms with Crippen molar-refractivity contribution in [3.8, 4) is 23.0 Å². The van der Waals surface area contributed by atoms with Crippen LogP contribution in [0, 0.1) is 0 Å². The number of hydrogen-bond acceptors (Lipinski definition) is 6. The van der Waals surface area contributed by atoms with E-state index in [9.17, 15) is 19.8 Å². The van der Waals surface area contributed by atoms with Crippen LogP contribution in [0.25, 0.3) is 12.2 Å². The van der Waals surface area contributed by atoms with Crippen molar-refractivity contribution in [2.24, 2.45) is 0 Å². The average molecular weight is 360 g/mol. The molecule has 0 heterocycles. The maximum atomic E-state index is 10.1. The molecule has 0 aliphatic heterocycles. The van der Waals surface area contributed by atoms with Crippen molar-refractivity contribution in [1.29, 1.82) is 0 Å². The Kier molecular flexibility index (Phi) is 7.25. The van der Waals surface area contributed by atoms with Crippen molar-refractivity contribution in [3.05, 3.63) is 59.7 Å². The van der Waals surface area contributed by atoms with E-state index in [1.807, 2.05) is 0 Å². The highest BCUT2D eigenvalue weighted by atomic mass is 16.4. The van der Waals surface area contributed by atoms with E-state index >= 15 is 0 Å². The van der Waals surface area contributed by atoms with Crippen LogP contribution >= 0.6 is 0 Å². The van der Waals surface area contributed by atoms with Gasteiger partial charge in [0.2, 0.25) is 0 Å². The van der Waals surface area contributed by atoms with Crippen LogP contribution in [0.2, 0.25) is 0 Å². The molecule has 0 radical (unpaired) electrons. The molecule has 6 N–H and O–H groups in total. The van der Waals surface area contributed by atoms with Gasteiger partial charge < -0.3 is 30.6 Å². The minimum absolute atomic E-state index is 0.0251. The number of rotatable bonds is 4. The summed E-state index contributed by atoms with van der Waals surface area (Å²) in [6.07, 6.45) is 4.25. The van der Waals surface area contributed by atoms with Gasteiger partial charge in [0.25, 0.3) is 0 Å². The third kappa shape index (κ3) is 7.09. The van der Waals surface area contributed by atoms with Crippen LogP contribution in [0.4, 0.5) is 0 Å². The second-order valence-electron chi connectivity index (χ2n) is 4.83. The van der Waals surface area contributed by atoms with Gasteiger partial charge in [-0.25, -0.2) is 9.59 Å². The molecule has 0 aliphatic carbocycles. The topological polar surface area (TPSA) is 156 Å². The fraction of sp³-hybridized carbons (Fsp3) is 0. The minimum Gasteiger partial charge on any atom is -0.508 e. The summed E-state index contributed by atoms with van der Waals surface area (Å²) >= 11 is 0. The Hall–Kier alpha value is -3.94. The fourth-order valence-corrected chi connectivity index (χ4v) is 1.67. The molecule has 26 heavy (non-hydrogen) atoms. The molecule has 0 aliphatic rings. The third-order valence-electron chi connectivity index (χ3n) is 2.84. The zero-order chi connectivity index (χ0) is 19.7. The normalized spacial score (nSPS) is 10.5.